The summed E-state index contributed by atoms with van der Waals surface area (Å²) in [6.45, 7) is 1.12. The van der Waals surface area contributed by atoms with E-state index in [1.807, 2.05) is 0 Å². The Morgan fingerprint density at radius 3 is 2.76 bits per heavy atom. The number of morpholine rings is 1. The molecule has 1 aromatic rings. The van der Waals surface area contributed by atoms with Crippen molar-refractivity contribution in [3.8, 4) is 0 Å². The first-order chi connectivity index (χ1) is 8.24. The summed E-state index contributed by atoms with van der Waals surface area (Å²) in [5, 5.41) is 0. The lowest BCUT2D eigenvalue weighted by atomic mass is 10.2. The Morgan fingerprint density at radius 1 is 1.41 bits per heavy atom. The number of hydrogen-bond donors (Lipinski definition) is 0. The van der Waals surface area contributed by atoms with Crippen LogP contribution in [-0.2, 0) is 4.74 Å². The fourth-order valence-electron chi connectivity index (χ4n) is 2.50. The second kappa shape index (κ2) is 4.07. The van der Waals surface area contributed by atoms with Crippen LogP contribution in [0.1, 0.15) is 23.2 Å². The van der Waals surface area contributed by atoms with Crippen molar-refractivity contribution in [3.05, 3.63) is 29.8 Å². The van der Waals surface area contributed by atoms with Crippen molar-refractivity contribution in [2.24, 2.45) is 0 Å². The van der Waals surface area contributed by atoms with E-state index < -0.39 is 5.95 Å². The maximum absolute atomic E-state index is 13.4. The maximum Gasteiger partial charge on any atom is 0.258 e. The van der Waals surface area contributed by atoms with Crippen molar-refractivity contribution in [1.29, 1.82) is 0 Å². The third-order valence-corrected chi connectivity index (χ3v) is 3.32. The molecule has 0 aliphatic carbocycles. The molecule has 0 aromatic carbocycles. The highest BCUT2D eigenvalue weighted by Gasteiger charge is 2.36. The largest absolute Gasteiger partial charge is 0.371 e. The zero-order chi connectivity index (χ0) is 11.8. The highest BCUT2D eigenvalue weighted by molar-refractivity contribution is 5.94. The Labute approximate surface area is 98.4 Å². The molecule has 2 unspecified atom stereocenters. The van der Waals surface area contributed by atoms with Gasteiger partial charge in [-0.2, -0.15) is 4.39 Å². The van der Waals surface area contributed by atoms with E-state index in [-0.39, 0.29) is 23.7 Å². The molecule has 2 aliphatic heterocycles. The maximum atomic E-state index is 13.4. The number of hydrogen-bond acceptors (Lipinski definition) is 3. The van der Waals surface area contributed by atoms with E-state index in [2.05, 4.69) is 4.98 Å². The second-order valence-electron chi connectivity index (χ2n) is 4.51. The number of halogens is 1. The lowest BCUT2D eigenvalue weighted by Gasteiger charge is -2.32. The molecule has 2 bridgehead atoms. The molecule has 0 spiro atoms. The van der Waals surface area contributed by atoms with Gasteiger partial charge in [0.25, 0.3) is 5.91 Å². The van der Waals surface area contributed by atoms with E-state index in [1.54, 1.807) is 11.0 Å². The van der Waals surface area contributed by atoms with Crippen molar-refractivity contribution in [1.82, 2.24) is 9.88 Å². The fraction of sp³-hybridized carbons (Fsp3) is 0.500. The van der Waals surface area contributed by atoms with Crippen LogP contribution < -0.4 is 0 Å². The summed E-state index contributed by atoms with van der Waals surface area (Å²) in [6, 6.07) is 3.05. The summed E-state index contributed by atoms with van der Waals surface area (Å²) in [4.78, 5) is 17.3. The van der Waals surface area contributed by atoms with Crippen LogP contribution in [0, 0.1) is 5.95 Å². The van der Waals surface area contributed by atoms with Crippen LogP contribution in [0.2, 0.25) is 0 Å². The molecule has 2 saturated heterocycles. The number of ether oxygens (including phenoxy) is 1. The Bertz CT molecular complexity index is 440. The summed E-state index contributed by atoms with van der Waals surface area (Å²) in [5.41, 5.74) is 0.0498. The average Bonchev–Trinajstić information content (AvgIpc) is 2.68. The van der Waals surface area contributed by atoms with Crippen molar-refractivity contribution in [2.75, 3.05) is 13.1 Å². The van der Waals surface area contributed by atoms with E-state index in [9.17, 15) is 9.18 Å². The Balaban J connectivity index is 1.81. The molecular formula is C12H13FN2O2. The van der Waals surface area contributed by atoms with Crippen LogP contribution in [0.15, 0.2) is 18.3 Å². The third kappa shape index (κ3) is 1.91. The first-order valence-corrected chi connectivity index (χ1v) is 5.79. The zero-order valence-corrected chi connectivity index (χ0v) is 9.30. The van der Waals surface area contributed by atoms with Crippen LogP contribution in [0.3, 0.4) is 0 Å². The number of pyridine rings is 1. The fourth-order valence-corrected chi connectivity index (χ4v) is 2.50. The first kappa shape index (κ1) is 10.7. The third-order valence-electron chi connectivity index (χ3n) is 3.32. The molecule has 1 amide bonds. The summed E-state index contributed by atoms with van der Waals surface area (Å²) < 4.78 is 19.1. The summed E-state index contributed by atoms with van der Waals surface area (Å²) in [7, 11) is 0. The van der Waals surface area contributed by atoms with Crippen molar-refractivity contribution in [2.45, 2.75) is 25.0 Å². The summed E-state index contributed by atoms with van der Waals surface area (Å²) >= 11 is 0. The molecule has 2 aliphatic rings. The smallest absolute Gasteiger partial charge is 0.258 e. The van der Waals surface area contributed by atoms with Gasteiger partial charge in [-0.05, 0) is 25.0 Å². The quantitative estimate of drug-likeness (QED) is 0.689. The number of fused-ring (bicyclic) bond motifs is 2. The monoisotopic (exact) mass is 236 g/mol. The van der Waals surface area contributed by atoms with E-state index in [4.69, 9.17) is 4.74 Å². The van der Waals surface area contributed by atoms with Gasteiger partial charge in [0.1, 0.15) is 0 Å². The Hall–Kier alpha value is -1.49. The molecule has 2 atom stereocenters. The Morgan fingerprint density at radius 2 is 2.12 bits per heavy atom. The SMILES string of the molecule is O=C(c1cccnc1F)N1CC2CCC(C1)O2. The molecule has 3 heterocycles. The number of likely N-dealkylation sites (tertiary alicyclic amines) is 1. The molecule has 0 saturated carbocycles. The highest BCUT2D eigenvalue weighted by Crippen LogP contribution is 2.27. The normalized spacial score (nSPS) is 27.2. The molecule has 17 heavy (non-hydrogen) atoms. The minimum Gasteiger partial charge on any atom is -0.371 e. The number of amides is 1. The predicted octanol–water partition coefficient (Wildman–Crippen LogP) is 1.22. The molecular weight excluding hydrogens is 223 g/mol. The molecule has 4 nitrogen and oxygen atoms in total. The molecule has 90 valence electrons. The number of aromatic nitrogens is 1. The van der Waals surface area contributed by atoms with Crippen LogP contribution in [0.25, 0.3) is 0 Å². The number of rotatable bonds is 1. The minimum absolute atomic E-state index is 0.0498. The summed E-state index contributed by atoms with van der Waals surface area (Å²) in [6.07, 6.45) is 3.57. The average molecular weight is 236 g/mol. The van der Waals surface area contributed by atoms with Gasteiger partial charge in [0.05, 0.1) is 17.8 Å². The number of nitrogens with zero attached hydrogens (tertiary/aromatic N) is 2. The van der Waals surface area contributed by atoms with Gasteiger partial charge in [0.15, 0.2) is 0 Å². The number of carbonyl (C=O) groups is 1. The van der Waals surface area contributed by atoms with E-state index in [1.165, 1.54) is 12.3 Å². The lowest BCUT2D eigenvalue weighted by molar-refractivity contribution is -0.0305. The molecule has 2 fully saturated rings. The predicted molar refractivity (Wildman–Crippen MR) is 58.0 cm³/mol. The van der Waals surface area contributed by atoms with E-state index >= 15 is 0 Å². The van der Waals surface area contributed by atoms with Gasteiger partial charge in [0, 0.05) is 19.3 Å². The topological polar surface area (TPSA) is 42.4 Å². The van der Waals surface area contributed by atoms with Crippen LogP contribution in [0.4, 0.5) is 4.39 Å². The van der Waals surface area contributed by atoms with Crippen molar-refractivity contribution < 1.29 is 13.9 Å². The molecule has 1 aromatic heterocycles. The van der Waals surface area contributed by atoms with E-state index in [0.29, 0.717) is 13.1 Å². The molecule has 0 N–H and O–H groups in total. The van der Waals surface area contributed by atoms with Gasteiger partial charge in [0.2, 0.25) is 5.95 Å². The Kier molecular flexibility index (Phi) is 2.55. The summed E-state index contributed by atoms with van der Waals surface area (Å²) in [5.74, 6) is -0.980. The molecule has 3 rings (SSSR count). The highest BCUT2D eigenvalue weighted by atomic mass is 19.1. The van der Waals surface area contributed by atoms with Crippen molar-refractivity contribution in [3.63, 3.8) is 0 Å². The van der Waals surface area contributed by atoms with Crippen LogP contribution >= 0.6 is 0 Å². The zero-order valence-electron chi connectivity index (χ0n) is 9.30. The van der Waals surface area contributed by atoms with Crippen molar-refractivity contribution >= 4 is 5.91 Å². The molecule has 0 radical (unpaired) electrons. The van der Waals surface area contributed by atoms with Crippen LogP contribution in [0.5, 0.6) is 0 Å². The standard InChI is InChI=1S/C12H13FN2O2/c13-11-10(2-1-5-14-11)12(16)15-6-8-3-4-9(7-15)17-8/h1-2,5,8-9H,3-4,6-7H2. The van der Waals surface area contributed by atoms with Gasteiger partial charge in [-0.1, -0.05) is 0 Å². The van der Waals surface area contributed by atoms with Gasteiger partial charge in [-0.25, -0.2) is 4.98 Å². The van der Waals surface area contributed by atoms with E-state index in [0.717, 1.165) is 12.8 Å². The second-order valence-corrected chi connectivity index (χ2v) is 4.51. The minimum atomic E-state index is -0.698. The van der Waals surface area contributed by atoms with Crippen LogP contribution in [-0.4, -0.2) is 41.1 Å². The first-order valence-electron chi connectivity index (χ1n) is 5.79. The number of carbonyl (C=O) groups excluding carboxylic acids is 1. The molecule has 5 heteroatoms. The van der Waals surface area contributed by atoms with Gasteiger partial charge >= 0.3 is 0 Å². The van der Waals surface area contributed by atoms with Gasteiger partial charge in [-0.3, -0.25) is 4.79 Å². The van der Waals surface area contributed by atoms with Gasteiger partial charge in [-0.15, -0.1) is 0 Å². The van der Waals surface area contributed by atoms with Gasteiger partial charge < -0.3 is 9.64 Å². The lowest BCUT2D eigenvalue weighted by Crippen LogP contribution is -2.46.